The van der Waals surface area contributed by atoms with Crippen molar-refractivity contribution in [3.8, 4) is 5.75 Å². The Bertz CT molecular complexity index is 545. The van der Waals surface area contributed by atoms with Gasteiger partial charge < -0.3 is 15.4 Å². The highest BCUT2D eigenvalue weighted by molar-refractivity contribution is 7.98. The van der Waals surface area contributed by atoms with E-state index in [1.54, 1.807) is 23.9 Å². The van der Waals surface area contributed by atoms with Crippen molar-refractivity contribution in [1.29, 1.82) is 0 Å². The first-order valence-corrected chi connectivity index (χ1v) is 10.8. The number of para-hydroxylation sites is 1. The number of hydrogen-bond acceptors (Lipinski definition) is 4. The summed E-state index contributed by atoms with van der Waals surface area (Å²) in [7, 11) is 0. The van der Waals surface area contributed by atoms with Crippen molar-refractivity contribution in [1.82, 2.24) is 10.6 Å². The van der Waals surface area contributed by atoms with Crippen LogP contribution in [-0.2, 0) is 9.59 Å². The van der Waals surface area contributed by atoms with Gasteiger partial charge in [0.15, 0.2) is 6.61 Å². The van der Waals surface area contributed by atoms with Gasteiger partial charge in [-0.15, -0.1) is 0 Å². The molecule has 1 aromatic rings. The molecule has 2 N–H and O–H groups in total. The van der Waals surface area contributed by atoms with Gasteiger partial charge in [-0.1, -0.05) is 43.9 Å². The maximum Gasteiger partial charge on any atom is 0.258 e. The van der Waals surface area contributed by atoms with Crippen molar-refractivity contribution in [2.45, 2.75) is 57.0 Å². The van der Waals surface area contributed by atoms with E-state index in [0.29, 0.717) is 12.2 Å². The molecule has 0 aromatic heterocycles. The van der Waals surface area contributed by atoms with Crippen LogP contribution in [0.1, 0.15) is 44.9 Å². The van der Waals surface area contributed by atoms with Gasteiger partial charge in [-0.2, -0.15) is 11.8 Å². The Morgan fingerprint density at radius 1 is 1.15 bits per heavy atom. The summed E-state index contributed by atoms with van der Waals surface area (Å²) >= 11 is 1.67. The first-order chi connectivity index (χ1) is 12.7. The van der Waals surface area contributed by atoms with Crippen molar-refractivity contribution in [2.75, 3.05) is 18.6 Å². The fraction of sp³-hybridized carbons (Fsp3) is 0.600. The molecule has 0 aliphatic heterocycles. The van der Waals surface area contributed by atoms with E-state index >= 15 is 0 Å². The number of ether oxygens (including phenoxy) is 1. The molecule has 1 aliphatic carbocycles. The maximum absolute atomic E-state index is 12.7. The molecule has 144 valence electrons. The van der Waals surface area contributed by atoms with E-state index in [1.165, 1.54) is 12.8 Å². The highest BCUT2D eigenvalue weighted by atomic mass is 32.2. The molecule has 5 nitrogen and oxygen atoms in total. The maximum atomic E-state index is 12.7. The Morgan fingerprint density at radius 2 is 1.85 bits per heavy atom. The third kappa shape index (κ3) is 7.68. The molecule has 1 saturated carbocycles. The summed E-state index contributed by atoms with van der Waals surface area (Å²) in [5.74, 6) is 1.13. The number of hydrogen-bond donors (Lipinski definition) is 2. The topological polar surface area (TPSA) is 67.4 Å². The molecule has 6 heteroatoms. The summed E-state index contributed by atoms with van der Waals surface area (Å²) in [6.07, 6.45) is 9.51. The van der Waals surface area contributed by atoms with Crippen molar-refractivity contribution in [3.63, 3.8) is 0 Å². The summed E-state index contributed by atoms with van der Waals surface area (Å²) in [4.78, 5) is 24.9. The Balaban J connectivity index is 1.83. The normalized spacial score (nSPS) is 16.3. The molecule has 0 bridgehead atoms. The number of thioether (sulfide) groups is 1. The van der Waals surface area contributed by atoms with Crippen molar-refractivity contribution in [3.05, 3.63) is 30.3 Å². The largest absolute Gasteiger partial charge is 0.484 e. The fourth-order valence-corrected chi connectivity index (χ4v) is 3.60. The lowest BCUT2D eigenvalue weighted by atomic mass is 10.1. The molecule has 0 heterocycles. The quantitative estimate of drug-likeness (QED) is 0.648. The predicted octanol–water partition coefficient (Wildman–Crippen LogP) is 3.14. The Morgan fingerprint density at radius 3 is 2.50 bits per heavy atom. The van der Waals surface area contributed by atoms with Crippen LogP contribution in [0.25, 0.3) is 0 Å². The van der Waals surface area contributed by atoms with Gasteiger partial charge in [0.25, 0.3) is 5.91 Å². The molecule has 2 amide bonds. The first-order valence-electron chi connectivity index (χ1n) is 9.45. The summed E-state index contributed by atoms with van der Waals surface area (Å²) in [6, 6.07) is 8.94. The molecule has 1 unspecified atom stereocenters. The van der Waals surface area contributed by atoms with Crippen LogP contribution in [0, 0.1) is 0 Å². The van der Waals surface area contributed by atoms with Crippen molar-refractivity contribution >= 4 is 23.6 Å². The standard InChI is InChI=1S/C20H30N2O3S/c1-26-14-13-18(20(24)21-16-9-5-2-3-6-10-16)22-19(23)15-25-17-11-7-4-8-12-17/h4,7-8,11-12,16,18H,2-3,5-6,9-10,13-15H2,1H3,(H,21,24)(H,22,23). The number of carbonyl (C=O) groups excluding carboxylic acids is 2. The lowest BCUT2D eigenvalue weighted by Crippen LogP contribution is -2.50. The van der Waals surface area contributed by atoms with Gasteiger partial charge in [-0.05, 0) is 43.4 Å². The van der Waals surface area contributed by atoms with Crippen LogP contribution in [0.5, 0.6) is 5.75 Å². The third-order valence-electron chi connectivity index (χ3n) is 4.58. The molecular weight excluding hydrogens is 348 g/mol. The number of carbonyl (C=O) groups is 2. The molecule has 26 heavy (non-hydrogen) atoms. The molecule has 1 atom stereocenters. The van der Waals surface area contributed by atoms with E-state index in [-0.39, 0.29) is 24.5 Å². The van der Waals surface area contributed by atoms with Crippen LogP contribution in [0.4, 0.5) is 0 Å². The molecule has 1 aliphatic rings. The fourth-order valence-electron chi connectivity index (χ4n) is 3.13. The van der Waals surface area contributed by atoms with Crippen LogP contribution in [0.15, 0.2) is 30.3 Å². The van der Waals surface area contributed by atoms with Gasteiger partial charge in [0.1, 0.15) is 11.8 Å². The minimum Gasteiger partial charge on any atom is -0.484 e. The molecule has 0 saturated heterocycles. The summed E-state index contributed by atoms with van der Waals surface area (Å²) in [5, 5.41) is 5.98. The Labute approximate surface area is 160 Å². The number of benzene rings is 1. The van der Waals surface area contributed by atoms with Gasteiger partial charge in [0, 0.05) is 6.04 Å². The highest BCUT2D eigenvalue weighted by Gasteiger charge is 2.23. The van der Waals surface area contributed by atoms with E-state index in [4.69, 9.17) is 4.74 Å². The zero-order valence-electron chi connectivity index (χ0n) is 15.5. The van der Waals surface area contributed by atoms with E-state index in [9.17, 15) is 9.59 Å². The third-order valence-corrected chi connectivity index (χ3v) is 5.22. The zero-order chi connectivity index (χ0) is 18.6. The van der Waals surface area contributed by atoms with Crippen LogP contribution >= 0.6 is 11.8 Å². The lowest BCUT2D eigenvalue weighted by Gasteiger charge is -2.22. The van der Waals surface area contributed by atoms with Crippen LogP contribution in [0.2, 0.25) is 0 Å². The van der Waals surface area contributed by atoms with Crippen LogP contribution in [0.3, 0.4) is 0 Å². The zero-order valence-corrected chi connectivity index (χ0v) is 16.4. The van der Waals surface area contributed by atoms with E-state index in [2.05, 4.69) is 10.6 Å². The second-order valence-corrected chi connectivity index (χ2v) is 7.69. The van der Waals surface area contributed by atoms with Crippen LogP contribution in [-0.4, -0.2) is 42.5 Å². The molecule has 2 rings (SSSR count). The second-order valence-electron chi connectivity index (χ2n) is 6.70. The van der Waals surface area contributed by atoms with Gasteiger partial charge in [-0.3, -0.25) is 9.59 Å². The number of nitrogens with one attached hydrogen (secondary N) is 2. The van der Waals surface area contributed by atoms with E-state index < -0.39 is 6.04 Å². The second kappa shape index (κ2) is 11.8. The monoisotopic (exact) mass is 378 g/mol. The minimum atomic E-state index is -0.502. The SMILES string of the molecule is CSCCC(NC(=O)COc1ccccc1)C(=O)NC1CCCCCC1. The lowest BCUT2D eigenvalue weighted by molar-refractivity contribution is -0.130. The van der Waals surface area contributed by atoms with E-state index in [0.717, 1.165) is 31.4 Å². The summed E-state index contributed by atoms with van der Waals surface area (Å²) in [5.41, 5.74) is 0. The summed E-state index contributed by atoms with van der Waals surface area (Å²) < 4.78 is 5.47. The minimum absolute atomic E-state index is 0.0704. The molecule has 1 fully saturated rings. The smallest absolute Gasteiger partial charge is 0.258 e. The highest BCUT2D eigenvalue weighted by Crippen LogP contribution is 2.17. The molecule has 0 spiro atoms. The first kappa shape index (κ1) is 20.6. The van der Waals surface area contributed by atoms with Gasteiger partial charge >= 0.3 is 0 Å². The number of rotatable bonds is 9. The summed E-state index contributed by atoms with van der Waals surface area (Å²) in [6.45, 7) is -0.0868. The van der Waals surface area contributed by atoms with Crippen molar-refractivity contribution in [2.24, 2.45) is 0 Å². The molecule has 1 aromatic carbocycles. The molecular formula is C20H30N2O3S. The van der Waals surface area contributed by atoms with Crippen LogP contribution < -0.4 is 15.4 Å². The number of amides is 2. The van der Waals surface area contributed by atoms with Gasteiger partial charge in [0.05, 0.1) is 0 Å². The molecule has 0 radical (unpaired) electrons. The average Bonchev–Trinajstić information content (AvgIpc) is 2.93. The van der Waals surface area contributed by atoms with Gasteiger partial charge in [-0.25, -0.2) is 0 Å². The average molecular weight is 379 g/mol. The Kier molecular flexibility index (Phi) is 9.39. The predicted molar refractivity (Wildman–Crippen MR) is 106 cm³/mol. The van der Waals surface area contributed by atoms with E-state index in [1.807, 2.05) is 24.5 Å². The van der Waals surface area contributed by atoms with Gasteiger partial charge in [0.2, 0.25) is 5.91 Å². The van der Waals surface area contributed by atoms with Crippen molar-refractivity contribution < 1.29 is 14.3 Å². The Hall–Kier alpha value is -1.69.